The lowest BCUT2D eigenvalue weighted by atomic mass is 10.1. The number of pyridine rings is 2. The molecule has 42 heavy (non-hydrogen) atoms. The van der Waals surface area contributed by atoms with Crippen LogP contribution in [0, 0.1) is 5.82 Å². The van der Waals surface area contributed by atoms with Crippen LogP contribution in [0.4, 0.5) is 21.7 Å². The molecule has 0 spiro atoms. The predicted octanol–water partition coefficient (Wildman–Crippen LogP) is 4.10. The van der Waals surface area contributed by atoms with Crippen molar-refractivity contribution in [2.24, 2.45) is 0 Å². The molecule has 216 valence electrons. The SMILES string of the molecule is CC1CNCCN1c1ccc(Nc2ncc3cc(Br)c(=O)n(Cc4ccoc4S(=O)(=O)c4ccncc4)c3n2)cc1F. The highest BCUT2D eigenvalue weighted by Gasteiger charge is 2.26. The minimum Gasteiger partial charge on any atom is -0.452 e. The summed E-state index contributed by atoms with van der Waals surface area (Å²) in [4.78, 5) is 28.1. The Balaban J connectivity index is 1.34. The summed E-state index contributed by atoms with van der Waals surface area (Å²) in [6.07, 6.45) is 5.54. The molecular weight excluding hydrogens is 629 g/mol. The van der Waals surface area contributed by atoms with Crippen molar-refractivity contribution >= 4 is 54.1 Å². The van der Waals surface area contributed by atoms with Crippen molar-refractivity contribution in [3.63, 3.8) is 0 Å². The van der Waals surface area contributed by atoms with Gasteiger partial charge in [-0.25, -0.2) is 17.8 Å². The summed E-state index contributed by atoms with van der Waals surface area (Å²) < 4.78 is 48.6. The van der Waals surface area contributed by atoms with Crippen molar-refractivity contribution in [2.45, 2.75) is 29.5 Å². The van der Waals surface area contributed by atoms with E-state index >= 15 is 4.39 Å². The molecule has 0 bridgehead atoms. The molecule has 6 rings (SSSR count). The first-order chi connectivity index (χ1) is 20.2. The number of piperazine rings is 1. The number of benzene rings is 1. The second kappa shape index (κ2) is 11.3. The van der Waals surface area contributed by atoms with E-state index in [0.717, 1.165) is 13.1 Å². The molecule has 1 aliphatic heterocycles. The van der Waals surface area contributed by atoms with Crippen molar-refractivity contribution in [2.75, 3.05) is 29.9 Å². The fourth-order valence-electron chi connectivity index (χ4n) is 4.95. The molecule has 1 fully saturated rings. The van der Waals surface area contributed by atoms with Gasteiger partial charge >= 0.3 is 0 Å². The highest BCUT2D eigenvalue weighted by atomic mass is 79.9. The average Bonchev–Trinajstić information content (AvgIpc) is 3.46. The summed E-state index contributed by atoms with van der Waals surface area (Å²) >= 11 is 3.29. The number of aromatic nitrogens is 4. The fraction of sp³-hybridized carbons (Fsp3) is 0.214. The number of hydrogen-bond donors (Lipinski definition) is 2. The molecule has 0 aliphatic carbocycles. The topological polar surface area (TPSA) is 135 Å². The van der Waals surface area contributed by atoms with Gasteiger partial charge in [0.1, 0.15) is 11.5 Å². The number of rotatable bonds is 7. The fourth-order valence-corrected chi connectivity index (χ4v) is 6.76. The zero-order chi connectivity index (χ0) is 29.4. The van der Waals surface area contributed by atoms with E-state index in [1.807, 2.05) is 11.8 Å². The maximum Gasteiger partial charge on any atom is 0.266 e. The van der Waals surface area contributed by atoms with Gasteiger partial charge in [-0.2, -0.15) is 4.98 Å². The molecule has 1 aromatic carbocycles. The lowest BCUT2D eigenvalue weighted by molar-refractivity contribution is 0.442. The number of halogens is 2. The quantitative estimate of drug-likeness (QED) is 0.264. The van der Waals surface area contributed by atoms with Gasteiger partial charge < -0.3 is 20.0 Å². The molecule has 0 radical (unpaired) electrons. The zero-order valence-corrected chi connectivity index (χ0v) is 24.7. The van der Waals surface area contributed by atoms with E-state index in [-0.39, 0.29) is 50.0 Å². The molecule has 11 nitrogen and oxygen atoms in total. The van der Waals surface area contributed by atoms with Crippen LogP contribution in [0.25, 0.3) is 11.0 Å². The number of nitrogens with one attached hydrogen (secondary N) is 2. The van der Waals surface area contributed by atoms with Crippen LogP contribution in [-0.2, 0) is 16.4 Å². The summed E-state index contributed by atoms with van der Waals surface area (Å²) in [7, 11) is -4.01. The number of nitrogens with zero attached hydrogens (tertiary/aromatic N) is 5. The van der Waals surface area contributed by atoms with Crippen LogP contribution in [0.1, 0.15) is 12.5 Å². The summed E-state index contributed by atoms with van der Waals surface area (Å²) in [6.45, 7) is 4.15. The van der Waals surface area contributed by atoms with E-state index in [1.54, 1.807) is 18.2 Å². The van der Waals surface area contributed by atoms with Gasteiger partial charge in [0.05, 0.1) is 27.9 Å². The monoisotopic (exact) mass is 653 g/mol. The lowest BCUT2D eigenvalue weighted by Gasteiger charge is -2.36. The van der Waals surface area contributed by atoms with Crippen LogP contribution in [0.5, 0.6) is 0 Å². The first-order valence-corrected chi connectivity index (χ1v) is 15.3. The largest absolute Gasteiger partial charge is 0.452 e. The molecule has 4 aromatic heterocycles. The van der Waals surface area contributed by atoms with Crippen LogP contribution in [-0.4, -0.2) is 53.6 Å². The maximum atomic E-state index is 15.1. The van der Waals surface area contributed by atoms with Crippen molar-refractivity contribution < 1.29 is 17.2 Å². The Morgan fingerprint density at radius 3 is 2.76 bits per heavy atom. The van der Waals surface area contributed by atoms with Crippen molar-refractivity contribution in [3.05, 3.63) is 93.5 Å². The van der Waals surface area contributed by atoms with Crippen LogP contribution < -0.4 is 21.1 Å². The first-order valence-electron chi connectivity index (χ1n) is 13.0. The smallest absolute Gasteiger partial charge is 0.266 e. The van der Waals surface area contributed by atoms with Crippen molar-refractivity contribution in [1.29, 1.82) is 0 Å². The Kier molecular flexibility index (Phi) is 7.51. The van der Waals surface area contributed by atoms with Crippen LogP contribution in [0.3, 0.4) is 0 Å². The molecule has 5 aromatic rings. The van der Waals surface area contributed by atoms with E-state index in [9.17, 15) is 13.2 Å². The summed E-state index contributed by atoms with van der Waals surface area (Å²) in [5.74, 6) is -0.240. The van der Waals surface area contributed by atoms with Gasteiger partial charge in [-0.3, -0.25) is 14.3 Å². The van der Waals surface area contributed by atoms with Gasteiger partial charge in [0.25, 0.3) is 5.56 Å². The molecular formula is C28H25BrFN7O4S. The lowest BCUT2D eigenvalue weighted by Crippen LogP contribution is -2.50. The van der Waals surface area contributed by atoms with Crippen molar-refractivity contribution in [3.8, 4) is 0 Å². The zero-order valence-electron chi connectivity index (χ0n) is 22.3. The van der Waals surface area contributed by atoms with Crippen LogP contribution >= 0.6 is 15.9 Å². The van der Waals surface area contributed by atoms with E-state index in [4.69, 9.17) is 4.42 Å². The molecule has 1 unspecified atom stereocenters. The molecule has 5 heterocycles. The van der Waals surface area contributed by atoms with Gasteiger partial charge in [-0.15, -0.1) is 0 Å². The number of anilines is 3. The molecule has 1 aliphatic rings. The van der Waals surface area contributed by atoms with Crippen LogP contribution in [0.2, 0.25) is 0 Å². The Hall–Kier alpha value is -4.14. The second-order valence-corrected chi connectivity index (χ2v) is 12.5. The summed E-state index contributed by atoms with van der Waals surface area (Å²) in [5, 5.41) is 6.56. The Morgan fingerprint density at radius 1 is 1.19 bits per heavy atom. The third-order valence-electron chi connectivity index (χ3n) is 7.04. The normalized spacial score (nSPS) is 15.7. The number of sulfone groups is 1. The van der Waals surface area contributed by atoms with Crippen molar-refractivity contribution in [1.82, 2.24) is 24.8 Å². The second-order valence-electron chi connectivity index (χ2n) is 9.81. The summed E-state index contributed by atoms with van der Waals surface area (Å²) in [6, 6.07) is 10.8. The number of fused-ring (bicyclic) bond motifs is 1. The molecule has 1 atom stereocenters. The molecule has 0 saturated carbocycles. The molecule has 14 heteroatoms. The average molecular weight is 655 g/mol. The molecule has 1 saturated heterocycles. The highest BCUT2D eigenvalue weighted by molar-refractivity contribution is 9.10. The van der Waals surface area contributed by atoms with Gasteiger partial charge in [-0.05, 0) is 65.3 Å². The summed E-state index contributed by atoms with van der Waals surface area (Å²) in [5.41, 5.74) is 1.04. The minimum atomic E-state index is -4.01. The third kappa shape index (κ3) is 5.28. The maximum absolute atomic E-state index is 15.1. The van der Waals surface area contributed by atoms with E-state index in [0.29, 0.717) is 23.3 Å². The third-order valence-corrected chi connectivity index (χ3v) is 9.34. The van der Waals surface area contributed by atoms with E-state index < -0.39 is 15.4 Å². The highest BCUT2D eigenvalue weighted by Crippen LogP contribution is 2.28. The molecule has 2 N–H and O–H groups in total. The Labute approximate surface area is 248 Å². The number of furan rings is 1. The number of hydrogen-bond acceptors (Lipinski definition) is 10. The van der Waals surface area contributed by atoms with E-state index in [2.05, 4.69) is 41.5 Å². The van der Waals surface area contributed by atoms with Gasteiger partial charge in [-0.1, -0.05) is 0 Å². The van der Waals surface area contributed by atoms with Gasteiger partial charge in [0, 0.05) is 60.9 Å². The Bertz CT molecular complexity index is 1950. The van der Waals surface area contributed by atoms with Crippen LogP contribution in [0.15, 0.2) is 91.0 Å². The van der Waals surface area contributed by atoms with Gasteiger partial charge in [0.2, 0.25) is 20.9 Å². The Morgan fingerprint density at radius 2 is 2.00 bits per heavy atom. The predicted molar refractivity (Wildman–Crippen MR) is 158 cm³/mol. The molecule has 0 amide bonds. The standard InChI is InChI=1S/C28H25BrFN7O4S/c1-17-14-32-9-10-36(17)24-3-2-20(13-23(24)30)34-28-33-15-19-12-22(29)26(38)37(25(19)35-28)16-18-6-11-41-27(18)42(39,40)21-4-7-31-8-5-21/h2-8,11-13,15,17,32H,9-10,14,16H2,1H3,(H,33,34,35). The minimum absolute atomic E-state index is 0.0126. The first kappa shape index (κ1) is 28.0. The van der Waals surface area contributed by atoms with E-state index in [1.165, 1.54) is 53.7 Å². The van der Waals surface area contributed by atoms with Gasteiger partial charge in [0.15, 0.2) is 0 Å².